The van der Waals surface area contributed by atoms with Crippen LogP contribution in [-0.4, -0.2) is 46.6 Å². The molecule has 0 radical (unpaired) electrons. The summed E-state index contributed by atoms with van der Waals surface area (Å²) in [4.78, 5) is 2.11. The number of para-hydroxylation sites is 1. The molecule has 1 unspecified atom stereocenters. The zero-order valence-corrected chi connectivity index (χ0v) is 20.0. The predicted molar refractivity (Wildman–Crippen MR) is 133 cm³/mol. The molecule has 4 aromatic rings. The fourth-order valence-electron chi connectivity index (χ4n) is 3.92. The molecular weight excluding hydrogens is 445 g/mol. The Morgan fingerprint density at radius 3 is 2.40 bits per heavy atom. The van der Waals surface area contributed by atoms with Gasteiger partial charge in [0.2, 0.25) is 5.88 Å². The van der Waals surface area contributed by atoms with Crippen LogP contribution >= 0.6 is 0 Å². The average molecular weight is 476 g/mol. The number of aliphatic hydroxyl groups is 1. The van der Waals surface area contributed by atoms with Gasteiger partial charge in [-0.05, 0) is 36.8 Å². The van der Waals surface area contributed by atoms with E-state index >= 15 is 0 Å². The van der Waals surface area contributed by atoms with E-state index in [0.717, 1.165) is 22.5 Å². The molecule has 1 atom stereocenters. The number of nitrogens with zero attached hydrogens (tertiary/aromatic N) is 3. The number of hydrogen-bond acceptors (Lipinski definition) is 5. The van der Waals surface area contributed by atoms with Crippen LogP contribution in [0.3, 0.4) is 0 Å². The summed E-state index contributed by atoms with van der Waals surface area (Å²) < 4.78 is 27.2. The number of rotatable bonds is 11. The third kappa shape index (κ3) is 6.33. The number of aryl methyl sites for hydroxylation is 1. The number of halogens is 1. The summed E-state index contributed by atoms with van der Waals surface area (Å²) in [6.45, 7) is 3.91. The standard InChI is InChI=1S/C28H30FN3O3/c1-21-26(19-31(16-17-34-2)20-27(33)22-10-5-3-6-11-22)28(35-25-15-9-12-23(29)18-25)32(30-21)24-13-7-4-8-14-24/h3-15,18,27,33H,16-17,19-20H2,1-2H3. The molecule has 6 nitrogen and oxygen atoms in total. The third-order valence-corrected chi connectivity index (χ3v) is 5.76. The molecule has 1 heterocycles. The highest BCUT2D eigenvalue weighted by Crippen LogP contribution is 2.32. The van der Waals surface area contributed by atoms with Crippen LogP contribution in [0.4, 0.5) is 4.39 Å². The third-order valence-electron chi connectivity index (χ3n) is 5.76. The number of aromatic nitrogens is 2. The first-order chi connectivity index (χ1) is 17.0. The van der Waals surface area contributed by atoms with Crippen molar-refractivity contribution in [3.8, 4) is 17.3 Å². The van der Waals surface area contributed by atoms with Gasteiger partial charge < -0.3 is 14.6 Å². The summed E-state index contributed by atoms with van der Waals surface area (Å²) in [5.74, 6) is 0.520. The van der Waals surface area contributed by atoms with Gasteiger partial charge >= 0.3 is 0 Å². The SMILES string of the molecule is COCCN(Cc1c(C)nn(-c2ccccc2)c1Oc1cccc(F)c1)CC(O)c1ccccc1. The van der Waals surface area contributed by atoms with Gasteiger partial charge in [-0.25, -0.2) is 9.07 Å². The van der Waals surface area contributed by atoms with Crippen molar-refractivity contribution in [2.75, 3.05) is 26.8 Å². The molecule has 0 aliphatic carbocycles. The van der Waals surface area contributed by atoms with Crippen molar-refractivity contribution in [1.29, 1.82) is 0 Å². The largest absolute Gasteiger partial charge is 0.438 e. The van der Waals surface area contributed by atoms with E-state index in [1.165, 1.54) is 12.1 Å². The molecule has 0 spiro atoms. The normalized spacial score (nSPS) is 12.1. The molecule has 35 heavy (non-hydrogen) atoms. The molecule has 0 saturated carbocycles. The van der Waals surface area contributed by atoms with Gasteiger partial charge in [-0.15, -0.1) is 0 Å². The highest BCUT2D eigenvalue weighted by molar-refractivity contribution is 5.43. The van der Waals surface area contributed by atoms with E-state index in [9.17, 15) is 9.50 Å². The molecule has 1 N–H and O–H groups in total. The van der Waals surface area contributed by atoms with Crippen LogP contribution in [0.2, 0.25) is 0 Å². The lowest BCUT2D eigenvalue weighted by atomic mass is 10.1. The van der Waals surface area contributed by atoms with Gasteiger partial charge in [0.25, 0.3) is 0 Å². The second-order valence-corrected chi connectivity index (χ2v) is 8.33. The van der Waals surface area contributed by atoms with Gasteiger partial charge in [-0.2, -0.15) is 5.10 Å². The maximum Gasteiger partial charge on any atom is 0.227 e. The zero-order valence-electron chi connectivity index (χ0n) is 20.0. The molecule has 0 aliphatic rings. The van der Waals surface area contributed by atoms with Gasteiger partial charge in [0.05, 0.1) is 29.7 Å². The Bertz CT molecular complexity index is 1210. The Morgan fingerprint density at radius 2 is 1.71 bits per heavy atom. The maximum atomic E-state index is 13.9. The first-order valence-corrected chi connectivity index (χ1v) is 11.6. The topological polar surface area (TPSA) is 59.8 Å². The Labute approximate surface area is 205 Å². The van der Waals surface area contributed by atoms with Crippen molar-refractivity contribution in [3.63, 3.8) is 0 Å². The van der Waals surface area contributed by atoms with E-state index in [-0.39, 0.29) is 5.82 Å². The van der Waals surface area contributed by atoms with Crippen molar-refractivity contribution < 1.29 is 19.0 Å². The van der Waals surface area contributed by atoms with Crippen LogP contribution in [0, 0.1) is 12.7 Å². The van der Waals surface area contributed by atoms with Crippen molar-refractivity contribution in [2.45, 2.75) is 19.6 Å². The summed E-state index contributed by atoms with van der Waals surface area (Å²) in [7, 11) is 1.66. The molecule has 0 aliphatic heterocycles. The lowest BCUT2D eigenvalue weighted by molar-refractivity contribution is 0.0844. The van der Waals surface area contributed by atoms with E-state index in [1.807, 2.05) is 67.6 Å². The predicted octanol–water partition coefficient (Wildman–Crippen LogP) is 5.29. The van der Waals surface area contributed by atoms with Crippen LogP contribution in [0.1, 0.15) is 22.9 Å². The molecule has 7 heteroatoms. The number of benzene rings is 3. The van der Waals surface area contributed by atoms with Crippen LogP contribution in [0.25, 0.3) is 5.69 Å². The summed E-state index contributed by atoms with van der Waals surface area (Å²) in [6, 6.07) is 25.3. The second-order valence-electron chi connectivity index (χ2n) is 8.33. The molecule has 0 fully saturated rings. The Balaban J connectivity index is 1.68. The minimum atomic E-state index is -0.662. The molecule has 0 saturated heterocycles. The summed E-state index contributed by atoms with van der Waals surface area (Å²) in [6.07, 6.45) is -0.662. The first kappa shape index (κ1) is 24.6. The molecule has 4 rings (SSSR count). The van der Waals surface area contributed by atoms with Gasteiger partial charge in [-0.3, -0.25) is 4.90 Å². The summed E-state index contributed by atoms with van der Waals surface area (Å²) >= 11 is 0. The minimum Gasteiger partial charge on any atom is -0.438 e. The van der Waals surface area contributed by atoms with Crippen LogP contribution < -0.4 is 4.74 Å². The van der Waals surface area contributed by atoms with Crippen LogP contribution in [-0.2, 0) is 11.3 Å². The molecule has 1 aromatic heterocycles. The second kappa shape index (κ2) is 11.8. The van der Waals surface area contributed by atoms with Crippen LogP contribution in [0.15, 0.2) is 84.9 Å². The van der Waals surface area contributed by atoms with Crippen LogP contribution in [0.5, 0.6) is 11.6 Å². The Morgan fingerprint density at radius 1 is 1.00 bits per heavy atom. The Hall–Kier alpha value is -3.52. The number of ether oxygens (including phenoxy) is 2. The monoisotopic (exact) mass is 475 g/mol. The van der Waals surface area contributed by atoms with E-state index in [0.29, 0.717) is 37.9 Å². The van der Waals surface area contributed by atoms with Crippen molar-refractivity contribution >= 4 is 0 Å². The van der Waals surface area contributed by atoms with Crippen molar-refractivity contribution in [1.82, 2.24) is 14.7 Å². The zero-order chi connectivity index (χ0) is 24.6. The summed E-state index contributed by atoms with van der Waals surface area (Å²) in [5, 5.41) is 15.6. The van der Waals surface area contributed by atoms with E-state index in [4.69, 9.17) is 14.6 Å². The van der Waals surface area contributed by atoms with E-state index in [1.54, 1.807) is 23.9 Å². The molecule has 3 aromatic carbocycles. The molecule has 0 bridgehead atoms. The fourth-order valence-corrected chi connectivity index (χ4v) is 3.92. The number of hydrogen-bond donors (Lipinski definition) is 1. The number of methoxy groups -OCH3 is 1. The first-order valence-electron chi connectivity index (χ1n) is 11.6. The molecular formula is C28H30FN3O3. The maximum absolute atomic E-state index is 13.9. The smallest absolute Gasteiger partial charge is 0.227 e. The highest BCUT2D eigenvalue weighted by atomic mass is 19.1. The lowest BCUT2D eigenvalue weighted by Crippen LogP contribution is -2.31. The van der Waals surface area contributed by atoms with E-state index in [2.05, 4.69) is 4.90 Å². The fraction of sp³-hybridized carbons (Fsp3) is 0.250. The van der Waals surface area contributed by atoms with Gasteiger partial charge in [0, 0.05) is 32.8 Å². The van der Waals surface area contributed by atoms with Crippen molar-refractivity contribution in [3.05, 3.63) is 108 Å². The van der Waals surface area contributed by atoms with Crippen molar-refractivity contribution in [2.24, 2.45) is 0 Å². The molecule has 182 valence electrons. The van der Waals surface area contributed by atoms with Gasteiger partial charge in [0.15, 0.2) is 0 Å². The summed E-state index contributed by atoms with van der Waals surface area (Å²) in [5.41, 5.74) is 3.33. The lowest BCUT2D eigenvalue weighted by Gasteiger charge is -2.25. The Kier molecular flexibility index (Phi) is 8.26. The minimum absolute atomic E-state index is 0.376. The van der Waals surface area contributed by atoms with E-state index < -0.39 is 6.10 Å². The number of aliphatic hydroxyl groups excluding tert-OH is 1. The molecule has 0 amide bonds. The van der Waals surface area contributed by atoms with Gasteiger partial charge in [0.1, 0.15) is 11.6 Å². The average Bonchev–Trinajstić information content (AvgIpc) is 3.18. The van der Waals surface area contributed by atoms with Gasteiger partial charge in [-0.1, -0.05) is 54.6 Å². The quantitative estimate of drug-likeness (QED) is 0.319. The highest BCUT2D eigenvalue weighted by Gasteiger charge is 2.23.